The van der Waals surface area contributed by atoms with Crippen LogP contribution in [0.1, 0.15) is 37.0 Å². The van der Waals surface area contributed by atoms with Gasteiger partial charge in [-0.3, -0.25) is 19.7 Å². The van der Waals surface area contributed by atoms with E-state index in [0.29, 0.717) is 36.0 Å². The standard InChI is InChI=1S/C24H28N2O7S/c1-4-31-20-12-8-17(14-21(20)32-5-2)25-24(30)26-22(28)15-33-23(29)13-11-19(27)16-6-9-18(34-3)10-7-16/h6-10,12,14H,4-5,11,13,15H2,1-3H3,(H2,25,26,28,30). The van der Waals surface area contributed by atoms with Crippen LogP contribution in [0.15, 0.2) is 47.4 Å². The Hall–Kier alpha value is -3.53. The molecule has 0 unspecified atom stereocenters. The molecule has 3 amide bonds. The number of carbonyl (C=O) groups is 4. The summed E-state index contributed by atoms with van der Waals surface area (Å²) in [6, 6.07) is 11.1. The Morgan fingerprint density at radius 1 is 0.882 bits per heavy atom. The van der Waals surface area contributed by atoms with Gasteiger partial charge in [0.1, 0.15) is 0 Å². The van der Waals surface area contributed by atoms with Crippen LogP contribution in [-0.2, 0) is 14.3 Å². The molecule has 2 aromatic carbocycles. The van der Waals surface area contributed by atoms with E-state index in [1.54, 1.807) is 42.1 Å². The van der Waals surface area contributed by atoms with Crippen LogP contribution >= 0.6 is 11.8 Å². The number of benzene rings is 2. The number of rotatable bonds is 12. The van der Waals surface area contributed by atoms with Crippen LogP contribution in [-0.4, -0.2) is 49.8 Å². The molecular formula is C24H28N2O7S. The van der Waals surface area contributed by atoms with Gasteiger partial charge in [-0.25, -0.2) is 4.79 Å². The number of anilines is 1. The Balaban J connectivity index is 1.75. The van der Waals surface area contributed by atoms with Gasteiger partial charge in [-0.15, -0.1) is 11.8 Å². The number of nitrogens with one attached hydrogen (secondary N) is 2. The van der Waals surface area contributed by atoms with Crippen LogP contribution in [0.3, 0.4) is 0 Å². The smallest absolute Gasteiger partial charge is 0.325 e. The first-order valence-electron chi connectivity index (χ1n) is 10.7. The van der Waals surface area contributed by atoms with E-state index in [4.69, 9.17) is 14.2 Å². The van der Waals surface area contributed by atoms with Crippen molar-refractivity contribution in [3.05, 3.63) is 48.0 Å². The molecule has 0 spiro atoms. The Morgan fingerprint density at radius 2 is 1.56 bits per heavy atom. The fourth-order valence-electron chi connectivity index (χ4n) is 2.81. The zero-order chi connectivity index (χ0) is 24.9. The van der Waals surface area contributed by atoms with Gasteiger partial charge in [0.15, 0.2) is 23.9 Å². The SMILES string of the molecule is CCOc1ccc(NC(=O)NC(=O)COC(=O)CCC(=O)c2ccc(SC)cc2)cc1OCC. The lowest BCUT2D eigenvalue weighted by Crippen LogP contribution is -2.37. The van der Waals surface area contributed by atoms with E-state index >= 15 is 0 Å². The minimum atomic E-state index is -0.805. The molecule has 0 atom stereocenters. The van der Waals surface area contributed by atoms with E-state index in [2.05, 4.69) is 10.6 Å². The van der Waals surface area contributed by atoms with Crippen LogP contribution in [0.4, 0.5) is 10.5 Å². The highest BCUT2D eigenvalue weighted by atomic mass is 32.2. The van der Waals surface area contributed by atoms with Gasteiger partial charge >= 0.3 is 12.0 Å². The second-order valence-corrected chi connectivity index (χ2v) is 7.72. The lowest BCUT2D eigenvalue weighted by atomic mass is 10.1. The van der Waals surface area contributed by atoms with Gasteiger partial charge in [-0.05, 0) is 44.4 Å². The highest BCUT2D eigenvalue weighted by molar-refractivity contribution is 7.98. The van der Waals surface area contributed by atoms with E-state index in [9.17, 15) is 19.2 Å². The molecule has 0 radical (unpaired) electrons. The number of ether oxygens (including phenoxy) is 3. The average Bonchev–Trinajstić information content (AvgIpc) is 2.83. The van der Waals surface area contributed by atoms with Crippen molar-refractivity contribution in [2.24, 2.45) is 0 Å². The van der Waals surface area contributed by atoms with E-state index in [-0.39, 0.29) is 18.6 Å². The maximum atomic E-state index is 12.2. The maximum Gasteiger partial charge on any atom is 0.325 e. The van der Waals surface area contributed by atoms with Crippen LogP contribution in [0.2, 0.25) is 0 Å². The quantitative estimate of drug-likeness (QED) is 0.261. The number of amides is 3. The molecule has 9 nitrogen and oxygen atoms in total. The van der Waals surface area contributed by atoms with Gasteiger partial charge in [0.05, 0.1) is 19.6 Å². The Morgan fingerprint density at radius 3 is 2.21 bits per heavy atom. The Bertz CT molecular complexity index is 1010. The summed E-state index contributed by atoms with van der Waals surface area (Å²) in [5.41, 5.74) is 0.889. The number of hydrogen-bond donors (Lipinski definition) is 2. The van der Waals surface area contributed by atoms with Crippen molar-refractivity contribution in [3.8, 4) is 11.5 Å². The Labute approximate surface area is 202 Å². The van der Waals surface area contributed by atoms with Gasteiger partial charge in [-0.1, -0.05) is 12.1 Å². The number of esters is 1. The highest BCUT2D eigenvalue weighted by Gasteiger charge is 2.14. The molecule has 182 valence electrons. The monoisotopic (exact) mass is 488 g/mol. The highest BCUT2D eigenvalue weighted by Crippen LogP contribution is 2.30. The fourth-order valence-corrected chi connectivity index (χ4v) is 3.22. The minimum Gasteiger partial charge on any atom is -0.490 e. The number of Topliss-reactive ketones (excluding diaryl/α,β-unsaturated/α-hetero) is 1. The van der Waals surface area contributed by atoms with Gasteiger partial charge in [0.25, 0.3) is 5.91 Å². The van der Waals surface area contributed by atoms with Gasteiger partial charge in [0.2, 0.25) is 0 Å². The third kappa shape index (κ3) is 8.78. The van der Waals surface area contributed by atoms with Gasteiger partial charge < -0.3 is 19.5 Å². The molecule has 0 aliphatic heterocycles. The molecule has 0 aromatic heterocycles. The number of hydrogen-bond acceptors (Lipinski definition) is 8. The second kappa shape index (κ2) is 13.9. The maximum absolute atomic E-state index is 12.2. The van der Waals surface area contributed by atoms with Gasteiger partial charge in [-0.2, -0.15) is 0 Å². The lowest BCUT2D eigenvalue weighted by Gasteiger charge is -2.13. The van der Waals surface area contributed by atoms with Crippen molar-refractivity contribution in [3.63, 3.8) is 0 Å². The Kier molecular flexibility index (Phi) is 10.9. The first-order valence-corrected chi connectivity index (χ1v) is 11.9. The minimum absolute atomic E-state index is 0.0422. The summed E-state index contributed by atoms with van der Waals surface area (Å²) in [4.78, 5) is 49.0. The van der Waals surface area contributed by atoms with E-state index in [1.165, 1.54) is 0 Å². The number of thioether (sulfide) groups is 1. The summed E-state index contributed by atoms with van der Waals surface area (Å²) in [5.74, 6) is -0.723. The van der Waals surface area contributed by atoms with Crippen molar-refractivity contribution in [1.82, 2.24) is 5.32 Å². The van der Waals surface area contributed by atoms with E-state index in [0.717, 1.165) is 4.90 Å². The molecule has 0 heterocycles. The molecule has 0 fully saturated rings. The van der Waals surface area contributed by atoms with Crippen molar-refractivity contribution < 1.29 is 33.4 Å². The fraction of sp³-hybridized carbons (Fsp3) is 0.333. The van der Waals surface area contributed by atoms with Crippen LogP contribution in [0.5, 0.6) is 11.5 Å². The zero-order valence-corrected chi connectivity index (χ0v) is 20.2. The number of carbonyl (C=O) groups excluding carboxylic acids is 4. The van der Waals surface area contributed by atoms with Crippen LogP contribution in [0, 0.1) is 0 Å². The molecule has 2 aromatic rings. The third-order valence-electron chi connectivity index (χ3n) is 4.39. The summed E-state index contributed by atoms with van der Waals surface area (Å²) in [6.45, 7) is 3.89. The van der Waals surface area contributed by atoms with Gasteiger partial charge in [0, 0.05) is 28.6 Å². The van der Waals surface area contributed by atoms with Crippen molar-refractivity contribution in [1.29, 1.82) is 0 Å². The molecule has 0 saturated heterocycles. The molecule has 0 aliphatic carbocycles. The molecule has 34 heavy (non-hydrogen) atoms. The normalized spacial score (nSPS) is 10.2. The lowest BCUT2D eigenvalue weighted by molar-refractivity contribution is -0.148. The summed E-state index contributed by atoms with van der Waals surface area (Å²) >= 11 is 1.56. The molecule has 2 N–H and O–H groups in total. The second-order valence-electron chi connectivity index (χ2n) is 6.84. The zero-order valence-electron chi connectivity index (χ0n) is 19.3. The number of urea groups is 1. The molecular weight excluding hydrogens is 460 g/mol. The summed E-state index contributed by atoms with van der Waals surface area (Å²) in [7, 11) is 0. The number of imide groups is 1. The summed E-state index contributed by atoms with van der Waals surface area (Å²) in [6.07, 6.45) is 1.72. The summed E-state index contributed by atoms with van der Waals surface area (Å²) in [5, 5.41) is 4.57. The number of ketones is 1. The molecule has 0 saturated carbocycles. The topological polar surface area (TPSA) is 120 Å². The summed E-state index contributed by atoms with van der Waals surface area (Å²) < 4.78 is 15.8. The van der Waals surface area contributed by atoms with Crippen LogP contribution in [0.25, 0.3) is 0 Å². The predicted molar refractivity (Wildman–Crippen MR) is 129 cm³/mol. The molecule has 2 rings (SSSR count). The van der Waals surface area contributed by atoms with Crippen molar-refractivity contribution >= 4 is 41.1 Å². The molecule has 0 bridgehead atoms. The van der Waals surface area contributed by atoms with Crippen molar-refractivity contribution in [2.45, 2.75) is 31.6 Å². The first-order chi connectivity index (χ1) is 16.4. The van der Waals surface area contributed by atoms with Crippen molar-refractivity contribution in [2.75, 3.05) is 31.4 Å². The van der Waals surface area contributed by atoms with Crippen LogP contribution < -0.4 is 20.1 Å². The van der Waals surface area contributed by atoms with E-state index < -0.39 is 24.5 Å². The largest absolute Gasteiger partial charge is 0.490 e. The molecule has 10 heteroatoms. The molecule has 0 aliphatic rings. The average molecular weight is 489 g/mol. The van der Waals surface area contributed by atoms with E-state index in [1.807, 2.05) is 32.2 Å². The third-order valence-corrected chi connectivity index (χ3v) is 5.13. The first kappa shape index (κ1) is 26.7. The predicted octanol–water partition coefficient (Wildman–Crippen LogP) is 4.06.